The number of carbonyl (C=O) groups excluding carboxylic acids is 1. The number of amides is 1. The van der Waals surface area contributed by atoms with Crippen LogP contribution in [0.5, 0.6) is 0 Å². The summed E-state index contributed by atoms with van der Waals surface area (Å²) in [6, 6.07) is -0.872. The number of unbranched alkanes of at least 4 members (excludes halogenated alkanes) is 42. The molecule has 0 spiro atoms. The van der Waals surface area contributed by atoms with Gasteiger partial charge in [0, 0.05) is 6.42 Å². The van der Waals surface area contributed by atoms with Crippen LogP contribution in [0.3, 0.4) is 0 Å². The second-order valence-corrected chi connectivity index (χ2v) is 25.3. The van der Waals surface area contributed by atoms with Crippen molar-refractivity contribution in [2.75, 3.05) is 40.9 Å². The van der Waals surface area contributed by atoms with Crippen molar-refractivity contribution in [3.8, 4) is 0 Å². The monoisotopic (exact) mass is 1090 g/mol. The molecule has 0 aliphatic rings. The minimum atomic E-state index is -4.36. The van der Waals surface area contributed by atoms with Gasteiger partial charge in [0.2, 0.25) is 5.91 Å². The smallest absolute Gasteiger partial charge is 0.387 e. The van der Waals surface area contributed by atoms with Crippen LogP contribution in [0, 0.1) is 0 Å². The SMILES string of the molecule is CCCCCCCCCC/C=C\CCCCCCCCCCCCCC(=O)NC(COP(=O)(O)OCC[N+](C)(C)C)C(O)/C=C/CC/C=C/CC/C=C/CCCCCCCCCCCCCCCCCCCCCCC. The number of hydrogen-bond acceptors (Lipinski definition) is 5. The zero-order chi connectivity index (χ0) is 55.6. The Kier molecular flexibility index (Phi) is 56.9. The fourth-order valence-corrected chi connectivity index (χ4v) is 10.6. The number of hydrogen-bond donors (Lipinski definition) is 3. The molecular weight excluding hydrogens is 960 g/mol. The van der Waals surface area contributed by atoms with Crippen LogP contribution in [-0.2, 0) is 18.4 Å². The first-order valence-electron chi connectivity index (χ1n) is 33.0. The van der Waals surface area contributed by atoms with Gasteiger partial charge >= 0.3 is 7.82 Å². The number of carbonyl (C=O) groups is 1. The molecule has 0 aromatic carbocycles. The maximum Gasteiger partial charge on any atom is 0.472 e. The molecule has 0 rings (SSSR count). The fourth-order valence-electron chi connectivity index (χ4n) is 9.84. The Balaban J connectivity index is 4.17. The Bertz CT molecular complexity index is 1380. The lowest BCUT2D eigenvalue weighted by molar-refractivity contribution is -0.870. The van der Waals surface area contributed by atoms with Crippen molar-refractivity contribution in [2.45, 2.75) is 334 Å². The third-order valence-electron chi connectivity index (χ3n) is 15.0. The van der Waals surface area contributed by atoms with E-state index in [4.69, 9.17) is 9.05 Å². The zero-order valence-electron chi connectivity index (χ0n) is 51.3. The standard InChI is InChI=1S/C67H129N2O6P/c1-6-8-10-12-14-16-18-20-22-24-26-28-30-31-32-33-34-35-36-37-39-40-42-44-46-48-50-52-54-56-58-60-66(70)65(64-75-76(72,73)74-63-62-69(3,4)5)68-67(71)61-59-57-55-53-51-49-47-45-43-41-38-29-27-25-23-21-19-17-15-13-11-9-7-2/h25,27,42,44,50,52,58,60,65-66,70H,6-24,26,28-41,43,45-49,51,53-57,59,61-64H2,1-5H3,(H-,68,71,72,73)/p+1/b27-25-,44-42+,52-50+,60-58+. The predicted octanol–water partition coefficient (Wildman–Crippen LogP) is 20.7. The molecule has 1 amide bonds. The molecular formula is C67H130N2O6P+. The minimum absolute atomic E-state index is 0.0534. The third-order valence-corrected chi connectivity index (χ3v) is 16.0. The lowest BCUT2D eigenvalue weighted by Crippen LogP contribution is -2.45. The molecule has 0 aromatic heterocycles. The molecule has 0 fully saturated rings. The molecule has 0 bridgehead atoms. The highest BCUT2D eigenvalue weighted by atomic mass is 31.2. The number of aliphatic hydroxyl groups excluding tert-OH is 1. The summed E-state index contributed by atoms with van der Waals surface area (Å²) in [6.45, 7) is 4.83. The summed E-state index contributed by atoms with van der Waals surface area (Å²) in [5.74, 6) is -0.188. The van der Waals surface area contributed by atoms with Gasteiger partial charge in [0.1, 0.15) is 13.2 Å². The number of allylic oxidation sites excluding steroid dienone is 7. The summed E-state index contributed by atoms with van der Waals surface area (Å²) in [4.78, 5) is 23.4. The van der Waals surface area contributed by atoms with Crippen molar-refractivity contribution >= 4 is 13.7 Å². The van der Waals surface area contributed by atoms with E-state index in [2.05, 4.69) is 55.6 Å². The number of quaternary nitrogens is 1. The average molecular weight is 1090 g/mol. The second-order valence-electron chi connectivity index (χ2n) is 23.8. The number of likely N-dealkylation sites (N-methyl/N-ethyl adjacent to an activating group) is 1. The van der Waals surface area contributed by atoms with Gasteiger partial charge in [-0.05, 0) is 70.6 Å². The van der Waals surface area contributed by atoms with Crippen LogP contribution in [0.2, 0.25) is 0 Å². The van der Waals surface area contributed by atoms with Crippen molar-refractivity contribution in [1.82, 2.24) is 5.32 Å². The number of aliphatic hydroxyl groups is 1. The first kappa shape index (κ1) is 74.5. The molecule has 76 heavy (non-hydrogen) atoms. The summed E-state index contributed by atoms with van der Waals surface area (Å²) in [7, 11) is 1.55. The molecule has 0 heterocycles. The number of rotatable bonds is 61. The van der Waals surface area contributed by atoms with Crippen LogP contribution >= 0.6 is 7.82 Å². The van der Waals surface area contributed by atoms with Crippen LogP contribution in [0.15, 0.2) is 48.6 Å². The highest BCUT2D eigenvalue weighted by Gasteiger charge is 2.28. The van der Waals surface area contributed by atoms with E-state index in [9.17, 15) is 19.4 Å². The van der Waals surface area contributed by atoms with E-state index in [1.807, 2.05) is 27.2 Å². The average Bonchev–Trinajstić information content (AvgIpc) is 3.38. The van der Waals surface area contributed by atoms with Gasteiger partial charge in [-0.3, -0.25) is 13.8 Å². The minimum Gasteiger partial charge on any atom is -0.387 e. The molecule has 3 unspecified atom stereocenters. The van der Waals surface area contributed by atoms with Gasteiger partial charge < -0.3 is 19.8 Å². The molecule has 3 atom stereocenters. The number of phosphoric ester groups is 1. The summed E-state index contributed by atoms with van der Waals surface area (Å²) in [5.41, 5.74) is 0. The highest BCUT2D eigenvalue weighted by Crippen LogP contribution is 2.43. The van der Waals surface area contributed by atoms with E-state index in [1.54, 1.807) is 6.08 Å². The molecule has 0 saturated carbocycles. The van der Waals surface area contributed by atoms with E-state index in [0.717, 1.165) is 44.9 Å². The molecule has 0 aliphatic carbocycles. The molecule has 0 aromatic rings. The number of nitrogens with one attached hydrogen (secondary N) is 1. The zero-order valence-corrected chi connectivity index (χ0v) is 52.2. The molecule has 9 heteroatoms. The fraction of sp³-hybridized carbons (Fsp3) is 0.866. The Morgan fingerprint density at radius 3 is 1.05 bits per heavy atom. The van der Waals surface area contributed by atoms with E-state index in [1.165, 1.54) is 257 Å². The first-order chi connectivity index (χ1) is 37.0. The van der Waals surface area contributed by atoms with Crippen molar-refractivity contribution in [3.05, 3.63) is 48.6 Å². The summed E-state index contributed by atoms with van der Waals surface area (Å²) in [6.07, 6.45) is 78.2. The quantitative estimate of drug-likeness (QED) is 0.0243. The van der Waals surface area contributed by atoms with Crippen LogP contribution in [0.4, 0.5) is 0 Å². The topological polar surface area (TPSA) is 105 Å². The molecule has 0 aliphatic heterocycles. The molecule has 8 nitrogen and oxygen atoms in total. The Morgan fingerprint density at radius 1 is 0.434 bits per heavy atom. The van der Waals surface area contributed by atoms with E-state index in [0.29, 0.717) is 17.4 Å². The lowest BCUT2D eigenvalue weighted by Gasteiger charge is -2.25. The van der Waals surface area contributed by atoms with Crippen molar-refractivity contribution in [1.29, 1.82) is 0 Å². The van der Waals surface area contributed by atoms with Gasteiger partial charge in [-0.25, -0.2) is 4.57 Å². The second kappa shape index (κ2) is 58.1. The largest absolute Gasteiger partial charge is 0.472 e. The summed E-state index contributed by atoms with van der Waals surface area (Å²) >= 11 is 0. The molecule has 0 radical (unpaired) electrons. The first-order valence-corrected chi connectivity index (χ1v) is 34.5. The van der Waals surface area contributed by atoms with Crippen molar-refractivity contribution in [3.63, 3.8) is 0 Å². The third kappa shape index (κ3) is 60.1. The Hall–Kier alpha value is -1.54. The van der Waals surface area contributed by atoms with Gasteiger partial charge in [-0.1, -0.05) is 294 Å². The van der Waals surface area contributed by atoms with Crippen LogP contribution in [0.1, 0.15) is 322 Å². The van der Waals surface area contributed by atoms with Gasteiger partial charge in [0.25, 0.3) is 0 Å². The summed E-state index contributed by atoms with van der Waals surface area (Å²) in [5, 5.41) is 14.0. The summed E-state index contributed by atoms with van der Waals surface area (Å²) < 4.78 is 23.8. The predicted molar refractivity (Wildman–Crippen MR) is 332 cm³/mol. The Morgan fingerprint density at radius 2 is 0.724 bits per heavy atom. The normalized spacial score (nSPS) is 14.0. The highest BCUT2D eigenvalue weighted by molar-refractivity contribution is 7.47. The van der Waals surface area contributed by atoms with Gasteiger partial charge in [0.15, 0.2) is 0 Å². The van der Waals surface area contributed by atoms with Crippen LogP contribution in [0.25, 0.3) is 0 Å². The molecule has 3 N–H and O–H groups in total. The van der Waals surface area contributed by atoms with Crippen LogP contribution < -0.4 is 5.32 Å². The number of phosphoric acid groups is 1. The van der Waals surface area contributed by atoms with Crippen LogP contribution in [-0.4, -0.2) is 73.4 Å². The molecule has 0 saturated heterocycles. The maximum atomic E-state index is 13.0. The van der Waals surface area contributed by atoms with Crippen molar-refractivity contribution < 1.29 is 32.9 Å². The molecule has 448 valence electrons. The number of nitrogens with zero attached hydrogens (tertiary/aromatic N) is 1. The van der Waals surface area contributed by atoms with E-state index < -0.39 is 20.0 Å². The van der Waals surface area contributed by atoms with Crippen molar-refractivity contribution in [2.24, 2.45) is 0 Å². The van der Waals surface area contributed by atoms with Gasteiger partial charge in [0.05, 0.1) is 39.9 Å². The lowest BCUT2D eigenvalue weighted by atomic mass is 10.0. The van der Waals surface area contributed by atoms with E-state index >= 15 is 0 Å². The van der Waals surface area contributed by atoms with Gasteiger partial charge in [-0.2, -0.15) is 0 Å². The Labute approximate surface area is 473 Å². The van der Waals surface area contributed by atoms with Gasteiger partial charge in [-0.15, -0.1) is 0 Å². The van der Waals surface area contributed by atoms with E-state index in [-0.39, 0.29) is 19.1 Å². The maximum absolute atomic E-state index is 13.0.